The van der Waals surface area contributed by atoms with Crippen LogP contribution in [0.25, 0.3) is 0 Å². The van der Waals surface area contributed by atoms with Crippen LogP contribution in [0.3, 0.4) is 0 Å². The topological polar surface area (TPSA) is 98.6 Å². The Bertz CT molecular complexity index is 638. The number of rotatable bonds is 9. The highest BCUT2D eigenvalue weighted by Crippen LogP contribution is 2.46. The second-order valence-corrected chi connectivity index (χ2v) is 10.7. The maximum absolute atomic E-state index is 12.4. The highest BCUT2D eigenvalue weighted by atomic mass is 31.2. The Morgan fingerprint density at radius 3 is 2.33 bits per heavy atom. The zero-order chi connectivity index (χ0) is 20.3. The van der Waals surface area contributed by atoms with Gasteiger partial charge < -0.3 is 13.8 Å². The Labute approximate surface area is 161 Å². The third kappa shape index (κ3) is 5.82. The van der Waals surface area contributed by atoms with Gasteiger partial charge in [-0.15, -0.1) is 15.4 Å². The monoisotopic (exact) mass is 403 g/mol. The lowest BCUT2D eigenvalue weighted by atomic mass is 9.80. The van der Waals surface area contributed by atoms with Crippen LogP contribution in [-0.4, -0.2) is 57.6 Å². The average Bonchev–Trinajstić information content (AvgIpc) is 3.05. The van der Waals surface area contributed by atoms with Gasteiger partial charge in [0.15, 0.2) is 0 Å². The van der Waals surface area contributed by atoms with Gasteiger partial charge in [0.1, 0.15) is 5.69 Å². The first kappa shape index (κ1) is 22.5. The van der Waals surface area contributed by atoms with Crippen molar-refractivity contribution in [1.29, 1.82) is 0 Å². The molecule has 0 aromatic carbocycles. The molecule has 0 spiro atoms. The third-order valence-electron chi connectivity index (χ3n) is 4.98. The summed E-state index contributed by atoms with van der Waals surface area (Å²) in [5, 5.41) is 21.8. The molecular formula is C17H32N4O5P. The summed E-state index contributed by atoms with van der Waals surface area (Å²) in [6, 6.07) is 0. The molecule has 10 heteroatoms. The van der Waals surface area contributed by atoms with Crippen LogP contribution in [0.1, 0.15) is 52.7 Å². The van der Waals surface area contributed by atoms with Gasteiger partial charge in [0.2, 0.25) is 0 Å². The van der Waals surface area contributed by atoms with Crippen molar-refractivity contribution in [3.05, 3.63) is 11.9 Å². The minimum Gasteiger partial charge on any atom is -0.372 e. The third-order valence-corrected chi connectivity index (χ3v) is 6.96. The lowest BCUT2D eigenvalue weighted by molar-refractivity contribution is -0.301. The first-order valence-electron chi connectivity index (χ1n) is 9.20. The Morgan fingerprint density at radius 1 is 1.19 bits per heavy atom. The predicted octanol–water partition coefficient (Wildman–Crippen LogP) is 3.04. The van der Waals surface area contributed by atoms with Gasteiger partial charge in [-0.2, -0.15) is 0 Å². The normalized spacial score (nSPS) is 20.9. The Balaban J connectivity index is 1.83. The number of ether oxygens (including phenoxy) is 1. The van der Waals surface area contributed by atoms with Gasteiger partial charge in [0, 0.05) is 31.8 Å². The standard InChI is InChI=1S/C17H32N4O5P/c1-16(2)10-15(11-17(3,4)21(16)22)26-13-14-12-20(19-18-14)8-7-9-27(23,24-5)25-6/h12,15H,7-11,13H2,1-6H3. The summed E-state index contributed by atoms with van der Waals surface area (Å²) in [5.41, 5.74) is -0.182. The summed E-state index contributed by atoms with van der Waals surface area (Å²) >= 11 is 0. The second-order valence-electron chi connectivity index (χ2n) is 8.29. The molecular weight excluding hydrogens is 371 g/mol. The second kappa shape index (κ2) is 8.68. The summed E-state index contributed by atoms with van der Waals surface area (Å²) < 4.78 is 29.6. The summed E-state index contributed by atoms with van der Waals surface area (Å²) in [6.45, 7) is 8.72. The van der Waals surface area contributed by atoms with Crippen LogP contribution in [0.5, 0.6) is 0 Å². The molecule has 0 saturated carbocycles. The number of hydroxylamine groups is 2. The number of aryl methyl sites for hydroxylation is 1. The van der Waals surface area contributed by atoms with Crippen molar-refractivity contribution in [2.24, 2.45) is 0 Å². The number of hydrogen-bond acceptors (Lipinski definition) is 7. The highest BCUT2D eigenvalue weighted by Gasteiger charge is 2.46. The first-order chi connectivity index (χ1) is 12.5. The number of aromatic nitrogens is 3. The minimum absolute atomic E-state index is 0.000337. The van der Waals surface area contributed by atoms with E-state index in [-0.39, 0.29) is 6.10 Å². The van der Waals surface area contributed by atoms with Crippen molar-refractivity contribution in [2.45, 2.75) is 77.3 Å². The minimum atomic E-state index is -2.99. The predicted molar refractivity (Wildman–Crippen MR) is 99.6 cm³/mol. The molecule has 0 atom stereocenters. The fourth-order valence-electron chi connectivity index (χ4n) is 3.69. The van der Waals surface area contributed by atoms with E-state index in [1.165, 1.54) is 19.3 Å². The van der Waals surface area contributed by atoms with Gasteiger partial charge >= 0.3 is 7.60 Å². The van der Waals surface area contributed by atoms with Crippen LogP contribution in [0, 0.1) is 0 Å². The van der Waals surface area contributed by atoms with Crippen molar-refractivity contribution in [3.8, 4) is 0 Å². The molecule has 0 N–H and O–H groups in total. The van der Waals surface area contributed by atoms with Crippen molar-refractivity contribution >= 4 is 7.60 Å². The molecule has 2 rings (SSSR count). The molecule has 1 aromatic heterocycles. The molecule has 2 heterocycles. The summed E-state index contributed by atoms with van der Waals surface area (Å²) in [5.74, 6) is 0. The van der Waals surface area contributed by atoms with Gasteiger partial charge in [0.25, 0.3) is 0 Å². The number of hydrogen-bond donors (Lipinski definition) is 0. The van der Waals surface area contributed by atoms with Crippen LogP contribution >= 0.6 is 7.60 Å². The highest BCUT2D eigenvalue weighted by molar-refractivity contribution is 7.53. The maximum atomic E-state index is 12.4. The van der Waals surface area contributed by atoms with Crippen molar-refractivity contribution in [1.82, 2.24) is 20.1 Å². The first-order valence-corrected chi connectivity index (χ1v) is 10.9. The van der Waals surface area contributed by atoms with Gasteiger partial charge in [-0.1, -0.05) is 5.21 Å². The lowest BCUT2D eigenvalue weighted by Gasteiger charge is -2.49. The SMILES string of the molecule is COP(=O)(CCCn1cc(COC2CC(C)(C)N([O])C(C)(C)C2)nn1)OC. The van der Waals surface area contributed by atoms with Gasteiger partial charge in [-0.25, -0.2) is 0 Å². The largest absolute Gasteiger partial charge is 0.372 e. The van der Waals surface area contributed by atoms with E-state index in [1.54, 1.807) is 4.68 Å². The molecule has 0 bridgehead atoms. The maximum Gasteiger partial charge on any atom is 0.330 e. The molecule has 0 amide bonds. The Kier molecular flexibility index (Phi) is 7.22. The number of nitrogens with zero attached hydrogens (tertiary/aromatic N) is 4. The average molecular weight is 403 g/mol. The summed E-state index contributed by atoms with van der Waals surface area (Å²) in [6.07, 6.45) is 4.11. The zero-order valence-electron chi connectivity index (χ0n) is 17.2. The van der Waals surface area contributed by atoms with Crippen LogP contribution < -0.4 is 0 Å². The van der Waals surface area contributed by atoms with Crippen LogP contribution in [0.4, 0.5) is 0 Å². The molecule has 0 aliphatic carbocycles. The van der Waals surface area contributed by atoms with E-state index in [1.807, 2.05) is 33.9 Å². The van der Waals surface area contributed by atoms with E-state index in [9.17, 15) is 9.77 Å². The van der Waals surface area contributed by atoms with Gasteiger partial charge in [-0.05, 0) is 47.0 Å². The fraction of sp³-hybridized carbons (Fsp3) is 0.882. The zero-order valence-corrected chi connectivity index (χ0v) is 18.1. The Morgan fingerprint density at radius 2 is 1.78 bits per heavy atom. The fourth-order valence-corrected chi connectivity index (χ4v) is 4.73. The molecule has 1 aliphatic heterocycles. The van der Waals surface area contributed by atoms with E-state index < -0.39 is 18.7 Å². The Hall–Kier alpha value is -0.830. The van der Waals surface area contributed by atoms with Crippen molar-refractivity contribution in [2.75, 3.05) is 20.4 Å². The van der Waals surface area contributed by atoms with Crippen molar-refractivity contribution in [3.63, 3.8) is 0 Å². The molecule has 1 fully saturated rings. The smallest absolute Gasteiger partial charge is 0.330 e. The number of piperidine rings is 1. The molecule has 155 valence electrons. The molecule has 27 heavy (non-hydrogen) atoms. The van der Waals surface area contributed by atoms with Gasteiger partial charge in [0.05, 0.1) is 25.1 Å². The van der Waals surface area contributed by atoms with Gasteiger partial charge in [-0.3, -0.25) is 9.25 Å². The molecule has 1 aliphatic rings. The van der Waals surface area contributed by atoms with E-state index in [0.29, 0.717) is 38.6 Å². The summed E-state index contributed by atoms with van der Waals surface area (Å²) in [7, 11) is -0.220. The van der Waals surface area contributed by atoms with E-state index in [0.717, 1.165) is 5.69 Å². The lowest BCUT2D eigenvalue weighted by Crippen LogP contribution is -2.59. The van der Waals surface area contributed by atoms with Crippen molar-refractivity contribution < 1.29 is 23.6 Å². The van der Waals surface area contributed by atoms with Crippen LogP contribution in [-0.2, 0) is 36.7 Å². The van der Waals surface area contributed by atoms with E-state index >= 15 is 0 Å². The molecule has 1 aromatic rings. The van der Waals surface area contributed by atoms with E-state index in [2.05, 4.69) is 10.3 Å². The van der Waals surface area contributed by atoms with Crippen LogP contribution in [0.2, 0.25) is 0 Å². The molecule has 1 radical (unpaired) electrons. The molecule has 0 unspecified atom stereocenters. The quantitative estimate of drug-likeness (QED) is 0.584. The van der Waals surface area contributed by atoms with Crippen LogP contribution in [0.15, 0.2) is 6.20 Å². The summed E-state index contributed by atoms with van der Waals surface area (Å²) in [4.78, 5) is 0. The molecule has 9 nitrogen and oxygen atoms in total. The van der Waals surface area contributed by atoms with E-state index in [4.69, 9.17) is 13.8 Å². The molecule has 1 saturated heterocycles.